The number of halogens is 8. The summed E-state index contributed by atoms with van der Waals surface area (Å²) in [4.78, 5) is 3.10. The first-order valence-corrected chi connectivity index (χ1v) is 5.74. The number of ether oxygens (including phenoxy) is 1. The van der Waals surface area contributed by atoms with E-state index >= 15 is 0 Å². The minimum Gasteiger partial charge on any atom is -0.387 e. The van der Waals surface area contributed by atoms with E-state index in [1.807, 2.05) is 0 Å². The zero-order chi connectivity index (χ0) is 14.1. The highest BCUT2D eigenvalue weighted by atomic mass is 127. The quantitative estimate of drug-likeness (QED) is 0.415. The molecule has 10 heteroatoms. The number of aromatic nitrogens is 1. The van der Waals surface area contributed by atoms with Crippen LogP contribution in [0.4, 0.5) is 26.3 Å². The highest BCUT2D eigenvalue weighted by Gasteiger charge is 2.42. The van der Waals surface area contributed by atoms with Crippen molar-refractivity contribution in [3.63, 3.8) is 0 Å². The molecule has 0 bridgehead atoms. The van der Waals surface area contributed by atoms with Gasteiger partial charge in [0.15, 0.2) is 0 Å². The molecule has 0 N–H and O–H groups in total. The second kappa shape index (κ2) is 5.27. The maximum atomic E-state index is 12.6. The van der Waals surface area contributed by atoms with Crippen LogP contribution in [0.5, 0.6) is 5.88 Å². The Hall–Kier alpha value is -0.450. The van der Waals surface area contributed by atoms with Gasteiger partial charge < -0.3 is 4.74 Å². The summed E-state index contributed by atoms with van der Waals surface area (Å²) in [7, 11) is 0. The molecule has 0 aliphatic heterocycles. The molecule has 0 amide bonds. The Morgan fingerprint density at radius 3 is 2.17 bits per heavy atom. The molecule has 0 atom stereocenters. The summed E-state index contributed by atoms with van der Waals surface area (Å²) < 4.78 is 76.6. The van der Waals surface area contributed by atoms with Crippen molar-refractivity contribution in [1.82, 2.24) is 4.98 Å². The van der Waals surface area contributed by atoms with Gasteiger partial charge in [0.05, 0.1) is 11.6 Å². The number of alkyl halides is 7. The van der Waals surface area contributed by atoms with Gasteiger partial charge >= 0.3 is 12.5 Å². The van der Waals surface area contributed by atoms with Crippen LogP contribution < -0.4 is 4.74 Å². The van der Waals surface area contributed by atoms with Crippen molar-refractivity contribution < 1.29 is 31.1 Å². The smallest absolute Gasteiger partial charge is 0.387 e. The van der Waals surface area contributed by atoms with E-state index < -0.39 is 27.6 Å². The Morgan fingerprint density at radius 1 is 1.22 bits per heavy atom. The van der Waals surface area contributed by atoms with Crippen molar-refractivity contribution in [3.8, 4) is 5.88 Å². The molecule has 0 fully saturated rings. The van der Waals surface area contributed by atoms with Crippen LogP contribution in [-0.4, -0.2) is 11.3 Å². The lowest BCUT2D eigenvalue weighted by atomic mass is 10.2. The standard InChI is InChI=1S/C8H3ClF6INO/c9-2-3-1-4(16)5(7(10,11)12)6(17-3)18-8(13,14)15/h1H,2H2. The SMILES string of the molecule is FC(F)(F)Oc1nc(CCl)cc(I)c1C(F)(F)F. The number of hydrogen-bond donors (Lipinski definition) is 0. The fourth-order valence-electron chi connectivity index (χ4n) is 1.05. The topological polar surface area (TPSA) is 22.1 Å². The Kier molecular flexibility index (Phi) is 4.57. The van der Waals surface area contributed by atoms with Gasteiger partial charge in [0.2, 0.25) is 5.88 Å². The van der Waals surface area contributed by atoms with E-state index in [4.69, 9.17) is 11.6 Å². The van der Waals surface area contributed by atoms with Gasteiger partial charge in [-0.2, -0.15) is 13.2 Å². The van der Waals surface area contributed by atoms with Crippen molar-refractivity contribution in [1.29, 1.82) is 0 Å². The molecule has 0 aliphatic rings. The summed E-state index contributed by atoms with van der Waals surface area (Å²) in [6.45, 7) is 0. The molecule has 1 heterocycles. The normalized spacial score (nSPS) is 12.7. The molecule has 1 rings (SSSR count). The van der Waals surface area contributed by atoms with E-state index in [1.165, 1.54) is 22.6 Å². The Labute approximate surface area is 115 Å². The average Bonchev–Trinajstić information content (AvgIpc) is 2.11. The van der Waals surface area contributed by atoms with Gasteiger partial charge in [-0.1, -0.05) is 0 Å². The fourth-order valence-corrected chi connectivity index (χ4v) is 2.08. The monoisotopic (exact) mass is 405 g/mol. The third-order valence-corrected chi connectivity index (χ3v) is 2.75. The first-order valence-electron chi connectivity index (χ1n) is 4.13. The summed E-state index contributed by atoms with van der Waals surface area (Å²) in [6, 6.07) is 0.944. The highest BCUT2D eigenvalue weighted by Crippen LogP contribution is 2.40. The summed E-state index contributed by atoms with van der Waals surface area (Å²) >= 11 is 6.57. The predicted octanol–water partition coefficient (Wildman–Crippen LogP) is 4.34. The number of nitrogens with zero attached hydrogens (tertiary/aromatic N) is 1. The molecular weight excluding hydrogens is 402 g/mol. The van der Waals surface area contributed by atoms with E-state index in [-0.39, 0.29) is 11.6 Å². The molecule has 18 heavy (non-hydrogen) atoms. The summed E-state index contributed by atoms with van der Waals surface area (Å²) in [6.07, 6.45) is -10.3. The van der Waals surface area contributed by atoms with Gasteiger partial charge in [-0.25, -0.2) is 4.98 Å². The molecule has 1 aromatic heterocycles. The minimum atomic E-state index is -5.26. The van der Waals surface area contributed by atoms with Crippen LogP contribution in [0.2, 0.25) is 0 Å². The first kappa shape index (κ1) is 15.6. The molecule has 0 aliphatic carbocycles. The third-order valence-electron chi connectivity index (χ3n) is 1.62. The van der Waals surface area contributed by atoms with Gasteiger partial charge in [-0.3, -0.25) is 0 Å². The van der Waals surface area contributed by atoms with Gasteiger partial charge in [-0.05, 0) is 28.7 Å². The summed E-state index contributed by atoms with van der Waals surface area (Å²) in [5.41, 5.74) is -1.72. The van der Waals surface area contributed by atoms with Crippen LogP contribution in [0.15, 0.2) is 6.07 Å². The zero-order valence-corrected chi connectivity index (χ0v) is 11.1. The van der Waals surface area contributed by atoms with E-state index in [0.717, 1.165) is 6.07 Å². The third kappa shape index (κ3) is 4.04. The largest absolute Gasteiger partial charge is 0.574 e. The Morgan fingerprint density at radius 2 is 1.78 bits per heavy atom. The van der Waals surface area contributed by atoms with Crippen LogP contribution in [0.25, 0.3) is 0 Å². The molecule has 0 unspecified atom stereocenters. The number of hydrogen-bond acceptors (Lipinski definition) is 2. The lowest BCUT2D eigenvalue weighted by molar-refractivity contribution is -0.278. The van der Waals surface area contributed by atoms with Gasteiger partial charge in [-0.15, -0.1) is 24.8 Å². The molecular formula is C8H3ClF6INO. The lowest BCUT2D eigenvalue weighted by Gasteiger charge is -2.16. The average molecular weight is 405 g/mol. The molecule has 0 aromatic carbocycles. The second-order valence-corrected chi connectivity index (χ2v) is 4.38. The highest BCUT2D eigenvalue weighted by molar-refractivity contribution is 14.1. The molecule has 1 aromatic rings. The van der Waals surface area contributed by atoms with E-state index in [9.17, 15) is 26.3 Å². The number of rotatable bonds is 2. The van der Waals surface area contributed by atoms with Crippen molar-refractivity contribution >= 4 is 34.2 Å². The van der Waals surface area contributed by atoms with Crippen molar-refractivity contribution in [3.05, 3.63) is 20.9 Å². The molecule has 0 spiro atoms. The predicted molar refractivity (Wildman–Crippen MR) is 58.2 cm³/mol. The van der Waals surface area contributed by atoms with Crippen LogP contribution in [0.1, 0.15) is 11.3 Å². The second-order valence-electron chi connectivity index (χ2n) is 2.95. The van der Waals surface area contributed by atoms with E-state index in [2.05, 4.69) is 9.72 Å². The van der Waals surface area contributed by atoms with E-state index in [0.29, 0.717) is 0 Å². The number of pyridine rings is 1. The first-order chi connectivity index (χ1) is 8.04. The van der Waals surface area contributed by atoms with Crippen molar-refractivity contribution in [2.24, 2.45) is 0 Å². The molecule has 0 saturated carbocycles. The lowest BCUT2D eigenvalue weighted by Crippen LogP contribution is -2.22. The van der Waals surface area contributed by atoms with E-state index in [1.54, 1.807) is 0 Å². The van der Waals surface area contributed by atoms with Crippen LogP contribution in [0, 0.1) is 3.57 Å². The Bertz CT molecular complexity index is 446. The van der Waals surface area contributed by atoms with Crippen LogP contribution in [0.3, 0.4) is 0 Å². The zero-order valence-electron chi connectivity index (χ0n) is 8.16. The summed E-state index contributed by atoms with van der Waals surface area (Å²) in [5.74, 6) is -1.87. The van der Waals surface area contributed by atoms with Crippen molar-refractivity contribution in [2.45, 2.75) is 18.4 Å². The maximum Gasteiger partial charge on any atom is 0.574 e. The van der Waals surface area contributed by atoms with Crippen LogP contribution in [-0.2, 0) is 12.1 Å². The molecule has 0 radical (unpaired) electrons. The van der Waals surface area contributed by atoms with Crippen LogP contribution >= 0.6 is 34.2 Å². The molecule has 102 valence electrons. The van der Waals surface area contributed by atoms with Gasteiger partial charge in [0.25, 0.3) is 0 Å². The van der Waals surface area contributed by atoms with Gasteiger partial charge in [0.1, 0.15) is 5.56 Å². The molecule has 0 saturated heterocycles. The minimum absolute atomic E-state index is 0.145. The van der Waals surface area contributed by atoms with Crippen molar-refractivity contribution in [2.75, 3.05) is 0 Å². The molecule has 2 nitrogen and oxygen atoms in total. The summed E-state index contributed by atoms with van der Waals surface area (Å²) in [5, 5.41) is 0. The Balaban J connectivity index is 3.39. The fraction of sp³-hybridized carbons (Fsp3) is 0.375. The van der Waals surface area contributed by atoms with Gasteiger partial charge in [0, 0.05) is 3.57 Å². The maximum absolute atomic E-state index is 12.6.